The van der Waals surface area contributed by atoms with Crippen LogP contribution in [-0.4, -0.2) is 33.3 Å². The summed E-state index contributed by atoms with van der Waals surface area (Å²) in [5.74, 6) is 1.66. The van der Waals surface area contributed by atoms with Crippen LogP contribution in [-0.2, 0) is 6.42 Å². The second-order valence-corrected chi connectivity index (χ2v) is 4.74. The molecule has 1 aromatic carbocycles. The van der Waals surface area contributed by atoms with Crippen LogP contribution in [0.25, 0.3) is 5.69 Å². The molecule has 1 N–H and O–H groups in total. The van der Waals surface area contributed by atoms with Gasteiger partial charge < -0.3 is 5.32 Å². The molecule has 1 aliphatic rings. The zero-order chi connectivity index (χ0) is 12.2. The number of rotatable bonds is 3. The molecule has 0 spiro atoms. The SMILES string of the molecule is c1ccc(-n2nnnc2CC2CCNCC2)cc1. The van der Waals surface area contributed by atoms with Gasteiger partial charge in [0.05, 0.1) is 5.69 Å². The van der Waals surface area contributed by atoms with Gasteiger partial charge in [-0.2, -0.15) is 4.68 Å². The predicted molar refractivity (Wildman–Crippen MR) is 68.5 cm³/mol. The van der Waals surface area contributed by atoms with Gasteiger partial charge in [-0.3, -0.25) is 0 Å². The monoisotopic (exact) mass is 243 g/mol. The third kappa shape index (κ3) is 2.41. The Kier molecular flexibility index (Phi) is 3.32. The predicted octanol–water partition coefficient (Wildman–Crippen LogP) is 1.20. The molecule has 2 aromatic rings. The van der Waals surface area contributed by atoms with Gasteiger partial charge in [-0.25, -0.2) is 0 Å². The number of piperidine rings is 1. The number of tetrazole rings is 1. The molecule has 0 aliphatic carbocycles. The molecule has 1 aromatic heterocycles. The lowest BCUT2D eigenvalue weighted by atomic mass is 9.94. The molecule has 2 heterocycles. The summed E-state index contributed by atoms with van der Waals surface area (Å²) in [5, 5.41) is 15.5. The molecule has 1 saturated heterocycles. The average Bonchev–Trinajstić information content (AvgIpc) is 2.89. The second kappa shape index (κ2) is 5.27. The summed E-state index contributed by atoms with van der Waals surface area (Å²) in [5.41, 5.74) is 1.03. The summed E-state index contributed by atoms with van der Waals surface area (Å²) in [7, 11) is 0. The lowest BCUT2D eigenvalue weighted by Gasteiger charge is -2.21. The first kappa shape index (κ1) is 11.3. The Morgan fingerprint density at radius 1 is 1.17 bits per heavy atom. The first-order chi connectivity index (χ1) is 8.93. The van der Waals surface area contributed by atoms with E-state index in [9.17, 15) is 0 Å². The molecule has 0 saturated carbocycles. The summed E-state index contributed by atoms with van der Waals surface area (Å²) in [4.78, 5) is 0. The lowest BCUT2D eigenvalue weighted by molar-refractivity contribution is 0.365. The van der Waals surface area contributed by atoms with Crippen molar-refractivity contribution in [2.24, 2.45) is 5.92 Å². The highest BCUT2D eigenvalue weighted by atomic mass is 15.5. The molecule has 0 atom stereocenters. The number of hydrogen-bond donors (Lipinski definition) is 1. The van der Waals surface area contributed by atoms with Gasteiger partial charge >= 0.3 is 0 Å². The van der Waals surface area contributed by atoms with Crippen LogP contribution in [0.15, 0.2) is 30.3 Å². The molecule has 5 heteroatoms. The molecule has 1 fully saturated rings. The Hall–Kier alpha value is -1.75. The van der Waals surface area contributed by atoms with Crippen LogP contribution >= 0.6 is 0 Å². The maximum Gasteiger partial charge on any atom is 0.156 e. The van der Waals surface area contributed by atoms with E-state index in [4.69, 9.17) is 0 Å². The molecule has 0 amide bonds. The minimum Gasteiger partial charge on any atom is -0.317 e. The maximum absolute atomic E-state index is 4.17. The fourth-order valence-corrected chi connectivity index (χ4v) is 2.45. The van der Waals surface area contributed by atoms with E-state index in [1.165, 1.54) is 12.8 Å². The molecular weight excluding hydrogens is 226 g/mol. The van der Waals surface area contributed by atoms with Crippen molar-refractivity contribution in [1.29, 1.82) is 0 Å². The zero-order valence-corrected chi connectivity index (χ0v) is 10.3. The molecule has 18 heavy (non-hydrogen) atoms. The Labute approximate surface area is 106 Å². The van der Waals surface area contributed by atoms with Crippen molar-refractivity contribution >= 4 is 0 Å². The quantitative estimate of drug-likeness (QED) is 0.880. The summed E-state index contributed by atoms with van der Waals surface area (Å²) >= 11 is 0. The van der Waals surface area contributed by atoms with Gasteiger partial charge in [0.2, 0.25) is 0 Å². The van der Waals surface area contributed by atoms with Crippen molar-refractivity contribution in [3.63, 3.8) is 0 Å². The van der Waals surface area contributed by atoms with Gasteiger partial charge in [0.25, 0.3) is 0 Å². The normalized spacial score (nSPS) is 16.9. The van der Waals surface area contributed by atoms with Crippen molar-refractivity contribution in [1.82, 2.24) is 25.5 Å². The first-order valence-corrected chi connectivity index (χ1v) is 6.47. The van der Waals surface area contributed by atoms with Crippen LogP contribution in [0.3, 0.4) is 0 Å². The number of aromatic nitrogens is 4. The van der Waals surface area contributed by atoms with Crippen LogP contribution in [0.2, 0.25) is 0 Å². The van der Waals surface area contributed by atoms with E-state index in [-0.39, 0.29) is 0 Å². The topological polar surface area (TPSA) is 55.6 Å². The molecular formula is C13H17N5. The molecule has 1 aliphatic heterocycles. The number of nitrogens with zero attached hydrogens (tertiary/aromatic N) is 4. The zero-order valence-electron chi connectivity index (χ0n) is 10.3. The van der Waals surface area contributed by atoms with Crippen molar-refractivity contribution in [3.05, 3.63) is 36.2 Å². The Balaban J connectivity index is 1.79. The fourth-order valence-electron chi connectivity index (χ4n) is 2.45. The molecule has 0 unspecified atom stereocenters. The van der Waals surface area contributed by atoms with E-state index in [0.717, 1.165) is 31.0 Å². The first-order valence-electron chi connectivity index (χ1n) is 6.47. The van der Waals surface area contributed by atoms with Crippen molar-refractivity contribution < 1.29 is 0 Å². The minimum absolute atomic E-state index is 0.694. The molecule has 94 valence electrons. The van der Waals surface area contributed by atoms with Gasteiger partial charge in [-0.1, -0.05) is 18.2 Å². The van der Waals surface area contributed by atoms with Crippen LogP contribution in [0, 0.1) is 5.92 Å². The van der Waals surface area contributed by atoms with Crippen LogP contribution in [0.5, 0.6) is 0 Å². The largest absolute Gasteiger partial charge is 0.317 e. The van der Waals surface area contributed by atoms with Crippen molar-refractivity contribution in [2.75, 3.05) is 13.1 Å². The Morgan fingerprint density at radius 3 is 2.72 bits per heavy atom. The third-order valence-electron chi connectivity index (χ3n) is 3.46. The molecule has 5 nitrogen and oxygen atoms in total. The summed E-state index contributed by atoms with van der Waals surface area (Å²) in [6.07, 6.45) is 3.38. The van der Waals surface area contributed by atoms with Crippen molar-refractivity contribution in [2.45, 2.75) is 19.3 Å². The lowest BCUT2D eigenvalue weighted by Crippen LogP contribution is -2.29. The molecule has 3 rings (SSSR count). The Bertz CT molecular complexity index is 487. The molecule has 0 bridgehead atoms. The molecule has 0 radical (unpaired) electrons. The third-order valence-corrected chi connectivity index (χ3v) is 3.46. The fraction of sp³-hybridized carbons (Fsp3) is 0.462. The standard InChI is InChI=1S/C13H17N5/c1-2-4-12(5-3-1)18-13(15-16-17-18)10-11-6-8-14-9-7-11/h1-5,11,14H,6-10H2. The van der Waals surface area contributed by atoms with Gasteiger partial charge in [0, 0.05) is 6.42 Å². The van der Waals surface area contributed by atoms with Crippen LogP contribution in [0.1, 0.15) is 18.7 Å². The van der Waals surface area contributed by atoms with Crippen LogP contribution < -0.4 is 5.32 Å². The summed E-state index contributed by atoms with van der Waals surface area (Å²) < 4.78 is 1.85. The number of hydrogen-bond acceptors (Lipinski definition) is 4. The Morgan fingerprint density at radius 2 is 1.94 bits per heavy atom. The highest BCUT2D eigenvalue weighted by Crippen LogP contribution is 2.17. The van der Waals surface area contributed by atoms with Gasteiger partial charge in [0.1, 0.15) is 0 Å². The number of benzene rings is 1. The smallest absolute Gasteiger partial charge is 0.156 e. The highest BCUT2D eigenvalue weighted by Gasteiger charge is 2.17. The number of nitrogens with one attached hydrogen (secondary N) is 1. The van der Waals surface area contributed by atoms with E-state index in [2.05, 4.69) is 20.8 Å². The van der Waals surface area contributed by atoms with Crippen LogP contribution in [0.4, 0.5) is 0 Å². The average molecular weight is 243 g/mol. The number of para-hydroxylation sites is 1. The van der Waals surface area contributed by atoms with E-state index in [1.54, 1.807) is 0 Å². The highest BCUT2D eigenvalue weighted by molar-refractivity contribution is 5.30. The maximum atomic E-state index is 4.17. The van der Waals surface area contributed by atoms with Gasteiger partial charge in [-0.05, 0) is 54.4 Å². The second-order valence-electron chi connectivity index (χ2n) is 4.74. The van der Waals surface area contributed by atoms with Gasteiger partial charge in [0.15, 0.2) is 5.82 Å². The van der Waals surface area contributed by atoms with E-state index in [1.807, 2.05) is 35.0 Å². The minimum atomic E-state index is 0.694. The summed E-state index contributed by atoms with van der Waals surface area (Å²) in [6, 6.07) is 10.1. The van der Waals surface area contributed by atoms with Gasteiger partial charge in [-0.15, -0.1) is 5.10 Å². The van der Waals surface area contributed by atoms with Crippen molar-refractivity contribution in [3.8, 4) is 5.69 Å². The van der Waals surface area contributed by atoms with E-state index < -0.39 is 0 Å². The summed E-state index contributed by atoms with van der Waals surface area (Å²) in [6.45, 7) is 2.22. The van der Waals surface area contributed by atoms with E-state index >= 15 is 0 Å². The van der Waals surface area contributed by atoms with E-state index in [0.29, 0.717) is 5.92 Å².